The summed E-state index contributed by atoms with van der Waals surface area (Å²) in [5.41, 5.74) is 5.74. The van der Waals surface area contributed by atoms with Crippen molar-refractivity contribution < 1.29 is 19.6 Å². The second kappa shape index (κ2) is 5.97. The number of aliphatic carboxylic acids is 1. The van der Waals surface area contributed by atoms with Gasteiger partial charge in [0, 0.05) is 12.6 Å². The number of benzene rings is 1. The number of aryl methyl sites for hydroxylation is 1. The van der Waals surface area contributed by atoms with Gasteiger partial charge >= 0.3 is 11.7 Å². The molecule has 98 valence electrons. The first-order valence-corrected chi connectivity index (χ1v) is 5.36. The lowest BCUT2D eigenvalue weighted by Crippen LogP contribution is -2.34. The monoisotopic (exact) mass is 254 g/mol. The van der Waals surface area contributed by atoms with E-state index in [1.54, 1.807) is 6.07 Å². The largest absolute Gasteiger partial charge is 0.478 e. The maximum absolute atomic E-state index is 10.9. The molecule has 0 aliphatic carbocycles. The van der Waals surface area contributed by atoms with Crippen molar-refractivity contribution in [2.45, 2.75) is 19.4 Å². The molecule has 0 amide bonds. The molecule has 0 spiro atoms. The van der Waals surface area contributed by atoms with Gasteiger partial charge in [-0.3, -0.25) is 10.1 Å². The third-order valence-electron chi connectivity index (χ3n) is 2.39. The highest BCUT2D eigenvalue weighted by Gasteiger charge is 2.23. The normalized spacial score (nSPS) is 11.9. The molecular weight excluding hydrogens is 240 g/mol. The first kappa shape index (κ1) is 13.9. The maximum Gasteiger partial charge on any atom is 0.346 e. The average molecular weight is 254 g/mol. The molecule has 0 aliphatic heterocycles. The molecule has 3 N–H and O–H groups in total. The summed E-state index contributed by atoms with van der Waals surface area (Å²) in [6.07, 6.45) is -0.656. The van der Waals surface area contributed by atoms with Crippen LogP contribution in [0.1, 0.15) is 12.5 Å². The van der Waals surface area contributed by atoms with Crippen molar-refractivity contribution in [1.29, 1.82) is 0 Å². The Balaban J connectivity index is 3.08. The highest BCUT2D eigenvalue weighted by Crippen LogP contribution is 2.29. The van der Waals surface area contributed by atoms with Gasteiger partial charge in [-0.25, -0.2) is 4.79 Å². The molecule has 0 aromatic heterocycles. The van der Waals surface area contributed by atoms with Crippen LogP contribution < -0.4 is 10.5 Å². The second-order valence-electron chi connectivity index (χ2n) is 3.59. The molecule has 0 saturated carbocycles. The molecule has 1 rings (SSSR count). The molecule has 18 heavy (non-hydrogen) atoms. The number of nitro groups is 1. The number of rotatable bonds is 6. The van der Waals surface area contributed by atoms with Gasteiger partial charge in [-0.2, -0.15) is 0 Å². The smallest absolute Gasteiger partial charge is 0.346 e. The molecule has 0 radical (unpaired) electrons. The van der Waals surface area contributed by atoms with Gasteiger partial charge in [-0.05, 0) is 18.1 Å². The quantitative estimate of drug-likeness (QED) is 0.576. The van der Waals surface area contributed by atoms with E-state index in [1.807, 2.05) is 6.92 Å². The summed E-state index contributed by atoms with van der Waals surface area (Å²) in [6.45, 7) is 1.60. The van der Waals surface area contributed by atoms with Crippen molar-refractivity contribution in [3.05, 3.63) is 33.9 Å². The molecule has 0 aliphatic rings. The fourth-order valence-corrected chi connectivity index (χ4v) is 1.38. The summed E-state index contributed by atoms with van der Waals surface area (Å²) >= 11 is 0. The molecule has 1 aromatic rings. The minimum absolute atomic E-state index is 0.0879. The van der Waals surface area contributed by atoms with Gasteiger partial charge in [0.25, 0.3) is 0 Å². The zero-order chi connectivity index (χ0) is 13.7. The fraction of sp³-hybridized carbons (Fsp3) is 0.364. The van der Waals surface area contributed by atoms with E-state index in [0.717, 1.165) is 5.56 Å². The van der Waals surface area contributed by atoms with Crippen molar-refractivity contribution in [1.82, 2.24) is 0 Å². The maximum atomic E-state index is 10.9. The van der Waals surface area contributed by atoms with E-state index >= 15 is 0 Å². The predicted molar refractivity (Wildman–Crippen MR) is 63.6 cm³/mol. The summed E-state index contributed by atoms with van der Waals surface area (Å²) < 4.78 is 5.05. The van der Waals surface area contributed by atoms with Gasteiger partial charge in [-0.15, -0.1) is 0 Å². The summed E-state index contributed by atoms with van der Waals surface area (Å²) in [4.78, 5) is 21.0. The molecule has 0 heterocycles. The Morgan fingerprint density at radius 1 is 1.61 bits per heavy atom. The third kappa shape index (κ3) is 3.17. The number of hydrogen-bond donors (Lipinski definition) is 2. The van der Waals surface area contributed by atoms with E-state index in [9.17, 15) is 14.9 Å². The zero-order valence-electron chi connectivity index (χ0n) is 9.83. The minimum Gasteiger partial charge on any atom is -0.478 e. The molecule has 0 saturated heterocycles. The van der Waals surface area contributed by atoms with Gasteiger partial charge in [0.2, 0.25) is 6.10 Å². The number of carboxylic acids is 1. The van der Waals surface area contributed by atoms with Crippen LogP contribution in [-0.4, -0.2) is 28.6 Å². The molecular formula is C11H14N2O5. The van der Waals surface area contributed by atoms with E-state index in [2.05, 4.69) is 0 Å². The van der Waals surface area contributed by atoms with Gasteiger partial charge in [0.05, 0.1) is 4.92 Å². The molecule has 7 nitrogen and oxygen atoms in total. The van der Waals surface area contributed by atoms with Crippen LogP contribution >= 0.6 is 0 Å². The Labute approximate surface area is 103 Å². The summed E-state index contributed by atoms with van der Waals surface area (Å²) in [5.74, 6) is -1.35. The fourth-order valence-electron chi connectivity index (χ4n) is 1.38. The van der Waals surface area contributed by atoms with Crippen molar-refractivity contribution in [3.63, 3.8) is 0 Å². The summed E-state index contributed by atoms with van der Waals surface area (Å²) in [5, 5.41) is 19.7. The summed E-state index contributed by atoms with van der Waals surface area (Å²) in [6, 6.07) is 4.41. The van der Waals surface area contributed by atoms with Gasteiger partial charge < -0.3 is 15.6 Å². The average Bonchev–Trinajstić information content (AvgIpc) is 2.35. The second-order valence-corrected chi connectivity index (χ2v) is 3.59. The first-order valence-electron chi connectivity index (χ1n) is 5.36. The van der Waals surface area contributed by atoms with Crippen molar-refractivity contribution in [3.8, 4) is 5.75 Å². The lowest BCUT2D eigenvalue weighted by atomic mass is 10.1. The van der Waals surface area contributed by atoms with Crippen molar-refractivity contribution >= 4 is 11.7 Å². The van der Waals surface area contributed by atoms with E-state index in [1.165, 1.54) is 12.1 Å². The Kier molecular flexibility index (Phi) is 4.61. The number of carbonyl (C=O) groups is 1. The van der Waals surface area contributed by atoms with Crippen LogP contribution in [0.2, 0.25) is 0 Å². The van der Waals surface area contributed by atoms with Crippen LogP contribution in [0, 0.1) is 10.1 Å². The number of nitrogens with zero attached hydrogens (tertiary/aromatic N) is 1. The highest BCUT2D eigenvalue weighted by atomic mass is 16.6. The lowest BCUT2D eigenvalue weighted by molar-refractivity contribution is -0.386. The topological polar surface area (TPSA) is 116 Å². The van der Waals surface area contributed by atoms with Crippen LogP contribution in [0.3, 0.4) is 0 Å². The molecule has 1 atom stereocenters. The first-order chi connectivity index (χ1) is 8.49. The number of nitrogens with two attached hydrogens (primary N) is 1. The summed E-state index contributed by atoms with van der Waals surface area (Å²) in [7, 11) is 0. The van der Waals surface area contributed by atoms with Crippen LogP contribution in [0.25, 0.3) is 0 Å². The molecule has 0 bridgehead atoms. The Morgan fingerprint density at radius 2 is 2.28 bits per heavy atom. The highest BCUT2D eigenvalue weighted by molar-refractivity contribution is 5.73. The number of nitro benzene ring substituents is 1. The standard InChI is InChI=1S/C11H14N2O5/c1-2-7-3-4-9(8(5-7)13(16)17)18-10(6-12)11(14)15/h3-5,10H,2,6,12H2,1H3,(H,14,15). The van der Waals surface area contributed by atoms with Gasteiger partial charge in [0.15, 0.2) is 5.75 Å². The van der Waals surface area contributed by atoms with Crippen molar-refractivity contribution in [2.24, 2.45) is 5.73 Å². The van der Waals surface area contributed by atoms with Crippen LogP contribution in [0.5, 0.6) is 5.75 Å². The van der Waals surface area contributed by atoms with Crippen LogP contribution in [0.4, 0.5) is 5.69 Å². The van der Waals surface area contributed by atoms with Crippen LogP contribution in [-0.2, 0) is 11.2 Å². The van der Waals surface area contributed by atoms with Crippen molar-refractivity contribution in [2.75, 3.05) is 6.54 Å². The van der Waals surface area contributed by atoms with Gasteiger partial charge in [-0.1, -0.05) is 13.0 Å². The Hall–Kier alpha value is -2.15. The predicted octanol–water partition coefficient (Wildman–Crippen LogP) is 0.948. The van der Waals surface area contributed by atoms with E-state index < -0.39 is 17.0 Å². The number of ether oxygens (including phenoxy) is 1. The van der Waals surface area contributed by atoms with E-state index in [0.29, 0.717) is 6.42 Å². The number of hydrogen-bond acceptors (Lipinski definition) is 5. The number of carboxylic acid groups (broad SMARTS) is 1. The molecule has 1 unspecified atom stereocenters. The van der Waals surface area contributed by atoms with Crippen LogP contribution in [0.15, 0.2) is 18.2 Å². The Morgan fingerprint density at radius 3 is 2.72 bits per heavy atom. The SMILES string of the molecule is CCc1ccc(OC(CN)C(=O)O)c([N+](=O)[O-])c1. The minimum atomic E-state index is -1.30. The van der Waals surface area contributed by atoms with Gasteiger partial charge in [0.1, 0.15) is 0 Å². The molecule has 0 fully saturated rings. The molecule has 1 aromatic carbocycles. The third-order valence-corrected chi connectivity index (χ3v) is 2.39. The Bertz CT molecular complexity index is 461. The zero-order valence-corrected chi connectivity index (χ0v) is 9.83. The molecule has 7 heteroatoms. The van der Waals surface area contributed by atoms with E-state index in [4.69, 9.17) is 15.6 Å². The lowest BCUT2D eigenvalue weighted by Gasteiger charge is -2.13. The van der Waals surface area contributed by atoms with E-state index in [-0.39, 0.29) is 18.0 Å².